The van der Waals surface area contributed by atoms with Gasteiger partial charge in [-0.2, -0.15) is 0 Å². The van der Waals surface area contributed by atoms with E-state index in [-0.39, 0.29) is 0 Å². The molecule has 1 heterocycles. The van der Waals surface area contributed by atoms with Crippen LogP contribution in [0.15, 0.2) is 78.9 Å². The third kappa shape index (κ3) is 6.02. The van der Waals surface area contributed by atoms with Gasteiger partial charge in [-0.1, -0.05) is 54.6 Å². The highest BCUT2D eigenvalue weighted by Crippen LogP contribution is 2.48. The summed E-state index contributed by atoms with van der Waals surface area (Å²) in [5.41, 5.74) is 1.66. The van der Waals surface area contributed by atoms with Crippen molar-refractivity contribution in [2.24, 2.45) is 0 Å². The fraction of sp³-hybridized carbons (Fsp3) is 0.250. The Bertz CT molecular complexity index is 989. The van der Waals surface area contributed by atoms with Crippen molar-refractivity contribution in [3.63, 3.8) is 0 Å². The molecule has 3 aromatic carbocycles. The molecule has 0 aromatic heterocycles. The standard InChI is InChI=1S/C24H27N2O4PS/c32-31(20-8-2-1-3-9-20)25-21-10-4-6-12-23(21)29-18-16-27-14-15-28-17-19-30-24-13-7-5-11-22(24)26-31/h1-13H,14-19H2,(H2,25,26,32). The number of nitrogens with one attached hydrogen (secondary N) is 2. The molecular weight excluding hydrogens is 443 g/mol. The molecule has 0 radical (unpaired) electrons. The van der Waals surface area contributed by atoms with E-state index in [1.807, 2.05) is 78.9 Å². The van der Waals surface area contributed by atoms with Gasteiger partial charge in [0.05, 0.1) is 37.8 Å². The predicted molar refractivity (Wildman–Crippen MR) is 133 cm³/mol. The summed E-state index contributed by atoms with van der Waals surface area (Å²) in [7, 11) is 0. The second-order valence-electron chi connectivity index (χ2n) is 7.08. The smallest absolute Gasteiger partial charge is 0.148 e. The van der Waals surface area contributed by atoms with Gasteiger partial charge in [0.15, 0.2) is 0 Å². The van der Waals surface area contributed by atoms with Crippen LogP contribution in [-0.2, 0) is 21.3 Å². The van der Waals surface area contributed by atoms with Crippen LogP contribution < -0.4 is 25.0 Å². The van der Waals surface area contributed by atoms with Gasteiger partial charge in [-0.05, 0) is 36.1 Å². The fourth-order valence-electron chi connectivity index (χ4n) is 3.25. The second-order valence-corrected chi connectivity index (χ2v) is 10.9. The average Bonchev–Trinajstić information content (AvgIpc) is 2.82. The zero-order chi connectivity index (χ0) is 22.1. The zero-order valence-corrected chi connectivity index (χ0v) is 19.4. The first kappa shape index (κ1) is 22.6. The first-order valence-electron chi connectivity index (χ1n) is 10.6. The molecule has 0 atom stereocenters. The van der Waals surface area contributed by atoms with Gasteiger partial charge in [-0.15, -0.1) is 0 Å². The van der Waals surface area contributed by atoms with Gasteiger partial charge in [0.25, 0.3) is 0 Å². The Balaban J connectivity index is 1.71. The summed E-state index contributed by atoms with van der Waals surface area (Å²) >= 11 is 6.26. The number of ether oxygens (including phenoxy) is 4. The van der Waals surface area contributed by atoms with Gasteiger partial charge in [0.1, 0.15) is 31.1 Å². The lowest BCUT2D eigenvalue weighted by atomic mass is 10.3. The molecule has 8 heteroatoms. The maximum Gasteiger partial charge on any atom is 0.148 e. The number of benzene rings is 3. The number of fused-ring (bicyclic) bond motifs is 2. The first-order chi connectivity index (χ1) is 15.7. The molecule has 1 aliphatic rings. The van der Waals surface area contributed by atoms with Crippen LogP contribution >= 0.6 is 6.34 Å². The van der Waals surface area contributed by atoms with Crippen LogP contribution in [0.2, 0.25) is 0 Å². The third-order valence-corrected chi connectivity index (χ3v) is 8.11. The monoisotopic (exact) mass is 470 g/mol. The third-order valence-electron chi connectivity index (χ3n) is 4.79. The molecule has 32 heavy (non-hydrogen) atoms. The van der Waals surface area contributed by atoms with Gasteiger partial charge in [0, 0.05) is 5.30 Å². The molecule has 2 N–H and O–H groups in total. The molecular formula is C24H27N2O4PS. The molecule has 0 bridgehead atoms. The van der Waals surface area contributed by atoms with E-state index in [2.05, 4.69) is 10.2 Å². The SMILES string of the molecule is S=P1(c2ccccc2)Nc2ccccc2OCCOCCOCCOc2ccccc2N1. The summed E-state index contributed by atoms with van der Waals surface area (Å²) in [5, 5.41) is 8.19. The van der Waals surface area contributed by atoms with Crippen molar-refractivity contribution in [3.05, 3.63) is 78.9 Å². The number of hydrogen-bond acceptors (Lipinski definition) is 5. The van der Waals surface area contributed by atoms with E-state index < -0.39 is 6.34 Å². The zero-order valence-electron chi connectivity index (χ0n) is 17.7. The highest BCUT2D eigenvalue weighted by atomic mass is 32.4. The van der Waals surface area contributed by atoms with Crippen molar-refractivity contribution < 1.29 is 18.9 Å². The molecule has 1 aliphatic heterocycles. The summed E-state index contributed by atoms with van der Waals surface area (Å²) < 4.78 is 23.2. The van der Waals surface area contributed by atoms with Crippen molar-refractivity contribution in [2.75, 3.05) is 49.8 Å². The van der Waals surface area contributed by atoms with Crippen LogP contribution in [-0.4, -0.2) is 39.6 Å². The summed E-state index contributed by atoms with van der Waals surface area (Å²) in [6, 6.07) is 25.7. The molecule has 0 saturated heterocycles. The Hall–Kier alpha value is -2.57. The minimum atomic E-state index is -2.52. The largest absolute Gasteiger partial charge is 0.489 e. The van der Waals surface area contributed by atoms with E-state index in [9.17, 15) is 0 Å². The maximum atomic E-state index is 6.26. The Morgan fingerprint density at radius 2 is 1.00 bits per heavy atom. The van der Waals surface area contributed by atoms with Crippen molar-refractivity contribution >= 4 is 34.8 Å². The first-order valence-corrected chi connectivity index (χ1v) is 13.4. The normalized spacial score (nSPS) is 17.1. The topological polar surface area (TPSA) is 61.0 Å². The summed E-state index contributed by atoms with van der Waals surface area (Å²) in [6.45, 7) is 2.85. The van der Waals surface area contributed by atoms with E-state index in [1.165, 1.54) is 0 Å². The molecule has 0 saturated carbocycles. The van der Waals surface area contributed by atoms with Gasteiger partial charge < -0.3 is 29.1 Å². The van der Waals surface area contributed by atoms with E-state index in [0.29, 0.717) is 39.6 Å². The van der Waals surface area contributed by atoms with E-state index in [1.54, 1.807) is 0 Å². The molecule has 6 nitrogen and oxygen atoms in total. The lowest BCUT2D eigenvalue weighted by Gasteiger charge is -2.28. The fourth-order valence-corrected chi connectivity index (χ4v) is 6.16. The van der Waals surface area contributed by atoms with Crippen molar-refractivity contribution in [1.82, 2.24) is 0 Å². The van der Waals surface area contributed by atoms with Crippen molar-refractivity contribution in [3.8, 4) is 11.5 Å². The molecule has 4 rings (SSSR count). The minimum absolute atomic E-state index is 0.437. The summed E-state index contributed by atoms with van der Waals surface area (Å²) in [5.74, 6) is 1.46. The number of hydrogen-bond donors (Lipinski definition) is 2. The lowest BCUT2D eigenvalue weighted by Crippen LogP contribution is -2.19. The minimum Gasteiger partial charge on any atom is -0.489 e. The van der Waals surface area contributed by atoms with Crippen LogP contribution in [0.25, 0.3) is 0 Å². The van der Waals surface area contributed by atoms with Gasteiger partial charge in [0.2, 0.25) is 0 Å². The Labute approximate surface area is 194 Å². The number of rotatable bonds is 1. The van der Waals surface area contributed by atoms with E-state index >= 15 is 0 Å². The van der Waals surface area contributed by atoms with Crippen LogP contribution in [0.3, 0.4) is 0 Å². The molecule has 0 amide bonds. The van der Waals surface area contributed by atoms with Crippen molar-refractivity contribution in [2.45, 2.75) is 0 Å². The second kappa shape index (κ2) is 11.3. The van der Waals surface area contributed by atoms with Crippen molar-refractivity contribution in [1.29, 1.82) is 0 Å². The summed E-state index contributed by atoms with van der Waals surface area (Å²) in [4.78, 5) is 0. The van der Waals surface area contributed by atoms with Gasteiger partial charge in [-0.3, -0.25) is 0 Å². The molecule has 0 spiro atoms. The van der Waals surface area contributed by atoms with E-state index in [4.69, 9.17) is 30.8 Å². The van der Waals surface area contributed by atoms with Crippen LogP contribution in [0.5, 0.6) is 11.5 Å². The van der Waals surface area contributed by atoms with E-state index in [0.717, 1.165) is 28.2 Å². The maximum absolute atomic E-state index is 6.26. The lowest BCUT2D eigenvalue weighted by molar-refractivity contribution is 0.0275. The number of para-hydroxylation sites is 4. The van der Waals surface area contributed by atoms with Crippen LogP contribution in [0.1, 0.15) is 0 Å². The van der Waals surface area contributed by atoms with Crippen LogP contribution in [0, 0.1) is 0 Å². The van der Waals surface area contributed by atoms with Crippen LogP contribution in [0.4, 0.5) is 11.4 Å². The highest BCUT2D eigenvalue weighted by molar-refractivity contribution is 8.19. The number of anilines is 2. The quantitative estimate of drug-likeness (QED) is 0.502. The average molecular weight is 471 g/mol. The Morgan fingerprint density at radius 1 is 0.562 bits per heavy atom. The Morgan fingerprint density at radius 3 is 1.53 bits per heavy atom. The molecule has 0 unspecified atom stereocenters. The predicted octanol–water partition coefficient (Wildman–Crippen LogP) is 4.65. The molecule has 0 aliphatic carbocycles. The molecule has 168 valence electrons. The molecule has 0 fully saturated rings. The highest BCUT2D eigenvalue weighted by Gasteiger charge is 2.23. The summed E-state index contributed by atoms with van der Waals surface area (Å²) in [6.07, 6.45) is -2.52. The van der Waals surface area contributed by atoms with Gasteiger partial charge in [-0.25, -0.2) is 0 Å². The molecule has 3 aromatic rings. The Kier molecular flexibility index (Phi) is 8.02. The van der Waals surface area contributed by atoms with Gasteiger partial charge >= 0.3 is 0 Å².